The van der Waals surface area contributed by atoms with Gasteiger partial charge in [-0.25, -0.2) is 0 Å². The molecule has 0 aliphatic carbocycles. The molecule has 0 amide bonds. The first-order valence-corrected chi connectivity index (χ1v) is 7.46. The average molecular weight is 241 g/mol. The first-order valence-electron chi connectivity index (χ1n) is 7.46. The van der Waals surface area contributed by atoms with Crippen LogP contribution in [0.5, 0.6) is 0 Å². The van der Waals surface area contributed by atoms with Crippen LogP contribution < -0.4 is 5.32 Å². The van der Waals surface area contributed by atoms with Gasteiger partial charge in [-0.15, -0.1) is 0 Å². The van der Waals surface area contributed by atoms with Crippen molar-refractivity contribution in [2.75, 3.05) is 13.1 Å². The van der Waals surface area contributed by atoms with Gasteiger partial charge in [0.15, 0.2) is 0 Å². The van der Waals surface area contributed by atoms with Gasteiger partial charge in [-0.2, -0.15) is 0 Å². The van der Waals surface area contributed by atoms with Crippen LogP contribution in [-0.2, 0) is 0 Å². The molecule has 1 heterocycles. The lowest BCUT2D eigenvalue weighted by molar-refractivity contribution is 0.108. The quantitative estimate of drug-likeness (QED) is 0.700. The Bertz CT molecular complexity index is 208. The molecule has 1 N–H and O–H groups in total. The van der Waals surface area contributed by atoms with E-state index in [0.29, 0.717) is 10.8 Å². The van der Waals surface area contributed by atoms with Gasteiger partial charge in [0.1, 0.15) is 0 Å². The molecular formula is C16H35N. The maximum absolute atomic E-state index is 3.67. The molecule has 1 nitrogen and oxygen atoms in total. The highest BCUT2D eigenvalue weighted by Crippen LogP contribution is 2.39. The van der Waals surface area contributed by atoms with Crippen molar-refractivity contribution in [2.45, 2.75) is 68.2 Å². The fourth-order valence-electron chi connectivity index (χ4n) is 3.08. The van der Waals surface area contributed by atoms with Crippen LogP contribution in [0.1, 0.15) is 68.2 Å². The van der Waals surface area contributed by atoms with Crippen LogP contribution in [-0.4, -0.2) is 13.1 Å². The fourth-order valence-corrected chi connectivity index (χ4v) is 3.08. The summed E-state index contributed by atoms with van der Waals surface area (Å²) in [6.45, 7) is 20.7. The summed E-state index contributed by atoms with van der Waals surface area (Å²) < 4.78 is 0. The van der Waals surface area contributed by atoms with Gasteiger partial charge in [0.2, 0.25) is 0 Å². The van der Waals surface area contributed by atoms with Crippen molar-refractivity contribution in [3.05, 3.63) is 0 Å². The van der Waals surface area contributed by atoms with Crippen LogP contribution in [0.2, 0.25) is 0 Å². The van der Waals surface area contributed by atoms with Crippen LogP contribution in [0.4, 0.5) is 0 Å². The van der Waals surface area contributed by atoms with Gasteiger partial charge in [-0.1, -0.05) is 55.4 Å². The van der Waals surface area contributed by atoms with Gasteiger partial charge in [-0.05, 0) is 35.5 Å². The van der Waals surface area contributed by atoms with E-state index < -0.39 is 0 Å². The smallest absolute Gasteiger partial charge is 0.000794 e. The minimum absolute atomic E-state index is 0.470. The Morgan fingerprint density at radius 2 is 1.53 bits per heavy atom. The molecule has 1 aliphatic rings. The molecule has 1 fully saturated rings. The van der Waals surface area contributed by atoms with Gasteiger partial charge in [0.25, 0.3) is 0 Å². The van der Waals surface area contributed by atoms with E-state index in [-0.39, 0.29) is 0 Å². The molecule has 0 saturated carbocycles. The molecule has 0 spiro atoms. The molecule has 17 heavy (non-hydrogen) atoms. The van der Waals surface area contributed by atoms with E-state index in [1.807, 2.05) is 13.8 Å². The number of nitrogens with one attached hydrogen (secondary N) is 1. The maximum Gasteiger partial charge on any atom is 0.000794 e. The second kappa shape index (κ2) is 6.78. The summed E-state index contributed by atoms with van der Waals surface area (Å²) in [6, 6.07) is 0. The Hall–Kier alpha value is -0.0400. The first-order chi connectivity index (χ1) is 7.75. The van der Waals surface area contributed by atoms with Gasteiger partial charge >= 0.3 is 0 Å². The van der Waals surface area contributed by atoms with E-state index in [9.17, 15) is 0 Å². The summed E-state index contributed by atoms with van der Waals surface area (Å²) in [4.78, 5) is 0. The SMILES string of the molecule is CC.CC1CC(C)(C)CNCC(C)(C(C)C)C1. The standard InChI is InChI=1S/C14H29N.C2H6/c1-11(2)14(6)8-12(3)7-13(4,5)9-15-10-14;1-2/h11-12,15H,7-10H2,1-6H3;1-2H3. The van der Waals surface area contributed by atoms with E-state index in [0.717, 1.165) is 11.8 Å². The summed E-state index contributed by atoms with van der Waals surface area (Å²) in [7, 11) is 0. The Balaban J connectivity index is 0.00000121. The van der Waals surface area contributed by atoms with Gasteiger partial charge in [-0.3, -0.25) is 0 Å². The number of hydrogen-bond acceptors (Lipinski definition) is 1. The van der Waals surface area contributed by atoms with Crippen molar-refractivity contribution in [2.24, 2.45) is 22.7 Å². The zero-order chi connectivity index (χ0) is 13.7. The van der Waals surface area contributed by atoms with E-state index in [1.54, 1.807) is 0 Å². The Kier molecular flexibility index (Phi) is 6.76. The van der Waals surface area contributed by atoms with Crippen LogP contribution in [0, 0.1) is 22.7 Å². The van der Waals surface area contributed by atoms with Crippen LogP contribution in [0.3, 0.4) is 0 Å². The van der Waals surface area contributed by atoms with Crippen molar-refractivity contribution in [3.63, 3.8) is 0 Å². The van der Waals surface area contributed by atoms with E-state index in [4.69, 9.17) is 0 Å². The van der Waals surface area contributed by atoms with E-state index in [2.05, 4.69) is 46.9 Å². The molecule has 104 valence electrons. The molecule has 0 radical (unpaired) electrons. The minimum Gasteiger partial charge on any atom is -0.316 e. The minimum atomic E-state index is 0.470. The average Bonchev–Trinajstić information content (AvgIpc) is 2.17. The molecule has 0 bridgehead atoms. The van der Waals surface area contributed by atoms with Crippen molar-refractivity contribution >= 4 is 0 Å². The van der Waals surface area contributed by atoms with E-state index >= 15 is 0 Å². The molecule has 0 aromatic rings. The highest BCUT2D eigenvalue weighted by molar-refractivity contribution is 4.87. The summed E-state index contributed by atoms with van der Waals surface area (Å²) in [6.07, 6.45) is 2.71. The van der Waals surface area contributed by atoms with Crippen molar-refractivity contribution < 1.29 is 0 Å². The van der Waals surface area contributed by atoms with Crippen LogP contribution in [0.15, 0.2) is 0 Å². The largest absolute Gasteiger partial charge is 0.316 e. The van der Waals surface area contributed by atoms with E-state index in [1.165, 1.54) is 25.9 Å². The monoisotopic (exact) mass is 241 g/mol. The summed E-state index contributed by atoms with van der Waals surface area (Å²) in [5.41, 5.74) is 0.952. The molecule has 1 aliphatic heterocycles. The van der Waals surface area contributed by atoms with Gasteiger partial charge in [0, 0.05) is 13.1 Å². The number of hydrogen-bond donors (Lipinski definition) is 1. The van der Waals surface area contributed by atoms with Crippen LogP contribution in [0.25, 0.3) is 0 Å². The topological polar surface area (TPSA) is 12.0 Å². The molecule has 1 heteroatoms. The lowest BCUT2D eigenvalue weighted by Gasteiger charge is -2.42. The molecule has 1 rings (SSSR count). The molecule has 2 unspecified atom stereocenters. The molecule has 0 aromatic heterocycles. The second-order valence-electron chi connectivity index (χ2n) is 7.09. The normalized spacial score (nSPS) is 33.4. The van der Waals surface area contributed by atoms with Crippen LogP contribution >= 0.6 is 0 Å². The number of rotatable bonds is 1. The third kappa shape index (κ3) is 5.42. The molecular weight excluding hydrogens is 206 g/mol. The Morgan fingerprint density at radius 1 is 1.00 bits per heavy atom. The Labute approximate surface area is 110 Å². The predicted octanol–water partition coefficient (Wildman–Crippen LogP) is 4.72. The first kappa shape index (κ1) is 17.0. The van der Waals surface area contributed by atoms with Crippen molar-refractivity contribution in [1.29, 1.82) is 0 Å². The van der Waals surface area contributed by atoms with Gasteiger partial charge in [0.05, 0.1) is 0 Å². The second-order valence-corrected chi connectivity index (χ2v) is 7.09. The predicted molar refractivity (Wildman–Crippen MR) is 79.3 cm³/mol. The molecule has 2 atom stereocenters. The highest BCUT2D eigenvalue weighted by Gasteiger charge is 2.34. The van der Waals surface area contributed by atoms with Crippen molar-refractivity contribution in [3.8, 4) is 0 Å². The molecule has 1 saturated heterocycles. The highest BCUT2D eigenvalue weighted by atomic mass is 14.9. The third-order valence-electron chi connectivity index (χ3n) is 4.24. The lowest BCUT2D eigenvalue weighted by Crippen LogP contribution is -2.44. The lowest BCUT2D eigenvalue weighted by atomic mass is 9.68. The van der Waals surface area contributed by atoms with Gasteiger partial charge < -0.3 is 5.32 Å². The fraction of sp³-hybridized carbons (Fsp3) is 1.00. The maximum atomic E-state index is 3.67. The summed E-state index contributed by atoms with van der Waals surface area (Å²) >= 11 is 0. The Morgan fingerprint density at radius 3 is 2.00 bits per heavy atom. The summed E-state index contributed by atoms with van der Waals surface area (Å²) in [5, 5.41) is 3.67. The summed E-state index contributed by atoms with van der Waals surface area (Å²) in [5.74, 6) is 1.63. The van der Waals surface area contributed by atoms with Crippen molar-refractivity contribution in [1.82, 2.24) is 5.32 Å². The zero-order valence-electron chi connectivity index (χ0n) is 13.5. The third-order valence-corrected chi connectivity index (χ3v) is 4.24. The zero-order valence-corrected chi connectivity index (χ0v) is 13.5. The molecule has 0 aromatic carbocycles.